The fourth-order valence-electron chi connectivity index (χ4n) is 2.57. The molecule has 0 aliphatic heterocycles. The Bertz CT molecular complexity index is 548. The number of hydrogen-bond donors (Lipinski definition) is 1. The fraction of sp³-hybridized carbons (Fsp3) is 0.533. The first-order valence-corrected chi connectivity index (χ1v) is 6.96. The summed E-state index contributed by atoms with van der Waals surface area (Å²) in [4.78, 5) is 4.53. The zero-order valence-electron chi connectivity index (χ0n) is 11.7. The largest absolute Gasteiger partial charge is 0.331 e. The molecule has 0 spiro atoms. The minimum atomic E-state index is -0.230. The third kappa shape index (κ3) is 3.13. The van der Waals surface area contributed by atoms with Gasteiger partial charge in [0.2, 0.25) is 0 Å². The summed E-state index contributed by atoms with van der Waals surface area (Å²) in [6.07, 6.45) is 4.23. The second-order valence-corrected chi connectivity index (χ2v) is 5.11. The van der Waals surface area contributed by atoms with Crippen molar-refractivity contribution in [3.8, 4) is 0 Å². The van der Waals surface area contributed by atoms with Gasteiger partial charge < -0.3 is 10.3 Å². The van der Waals surface area contributed by atoms with Gasteiger partial charge >= 0.3 is 0 Å². The number of benzene rings is 1. The summed E-state index contributed by atoms with van der Waals surface area (Å²) < 4.78 is 15.2. The number of aryl methyl sites for hydroxylation is 2. The van der Waals surface area contributed by atoms with Gasteiger partial charge in [0.05, 0.1) is 11.0 Å². The summed E-state index contributed by atoms with van der Waals surface area (Å²) in [5.41, 5.74) is 7.35. The van der Waals surface area contributed by atoms with Crippen molar-refractivity contribution in [3.05, 3.63) is 29.8 Å². The molecular formula is C15H22FN3. The molecule has 0 aliphatic carbocycles. The highest BCUT2D eigenvalue weighted by Crippen LogP contribution is 2.20. The lowest BCUT2D eigenvalue weighted by Crippen LogP contribution is -2.10. The van der Waals surface area contributed by atoms with Crippen LogP contribution >= 0.6 is 0 Å². The van der Waals surface area contributed by atoms with Crippen LogP contribution in [0.2, 0.25) is 0 Å². The lowest BCUT2D eigenvalue weighted by Gasteiger charge is -2.12. The van der Waals surface area contributed by atoms with Crippen molar-refractivity contribution >= 4 is 11.0 Å². The highest BCUT2D eigenvalue weighted by atomic mass is 19.1. The fourth-order valence-corrected chi connectivity index (χ4v) is 2.57. The number of imidazole rings is 1. The number of hydrogen-bond acceptors (Lipinski definition) is 2. The molecule has 0 aliphatic rings. The van der Waals surface area contributed by atoms with Gasteiger partial charge in [-0.15, -0.1) is 0 Å². The lowest BCUT2D eigenvalue weighted by molar-refractivity contribution is 0.437. The summed E-state index contributed by atoms with van der Waals surface area (Å²) >= 11 is 0. The average Bonchev–Trinajstić information content (AvgIpc) is 2.70. The minimum Gasteiger partial charge on any atom is -0.331 e. The van der Waals surface area contributed by atoms with Crippen molar-refractivity contribution in [2.24, 2.45) is 18.7 Å². The van der Waals surface area contributed by atoms with E-state index in [-0.39, 0.29) is 5.82 Å². The monoisotopic (exact) mass is 263 g/mol. The van der Waals surface area contributed by atoms with Gasteiger partial charge in [0.25, 0.3) is 0 Å². The Hall–Kier alpha value is -1.42. The van der Waals surface area contributed by atoms with Crippen LogP contribution in [-0.2, 0) is 13.5 Å². The van der Waals surface area contributed by atoms with E-state index in [1.807, 2.05) is 7.05 Å². The predicted octanol–water partition coefficient (Wildman–Crippen LogP) is 3.02. The molecule has 0 saturated carbocycles. The van der Waals surface area contributed by atoms with E-state index in [2.05, 4.69) is 16.5 Å². The molecule has 1 unspecified atom stereocenters. The van der Waals surface area contributed by atoms with Gasteiger partial charge in [0.15, 0.2) is 0 Å². The molecule has 0 saturated heterocycles. The van der Waals surface area contributed by atoms with Crippen LogP contribution in [0.15, 0.2) is 18.2 Å². The topological polar surface area (TPSA) is 43.8 Å². The molecule has 19 heavy (non-hydrogen) atoms. The molecule has 1 atom stereocenters. The molecule has 2 rings (SSSR count). The third-order valence-electron chi connectivity index (χ3n) is 3.86. The number of nitrogens with two attached hydrogens (primary N) is 1. The summed E-state index contributed by atoms with van der Waals surface area (Å²) in [6.45, 7) is 2.94. The molecule has 1 heterocycles. The summed E-state index contributed by atoms with van der Waals surface area (Å²) in [6, 6.07) is 4.77. The van der Waals surface area contributed by atoms with Crippen LogP contribution in [-0.4, -0.2) is 16.1 Å². The molecule has 1 aromatic carbocycles. The maximum absolute atomic E-state index is 13.2. The maximum atomic E-state index is 13.2. The number of halogens is 1. The number of rotatable bonds is 6. The molecule has 4 heteroatoms. The lowest BCUT2D eigenvalue weighted by atomic mass is 9.96. The molecule has 0 amide bonds. The van der Waals surface area contributed by atoms with E-state index in [0.29, 0.717) is 5.92 Å². The molecule has 104 valence electrons. The van der Waals surface area contributed by atoms with Crippen LogP contribution in [0.25, 0.3) is 11.0 Å². The van der Waals surface area contributed by atoms with E-state index in [1.54, 1.807) is 6.07 Å². The molecular weight excluding hydrogens is 241 g/mol. The SMILES string of the molecule is CCC(CCN)CCc1nc2cc(F)ccc2n1C. The number of fused-ring (bicyclic) bond motifs is 1. The highest BCUT2D eigenvalue weighted by Gasteiger charge is 2.11. The Balaban J connectivity index is 2.14. The normalized spacial score (nSPS) is 13.1. The minimum absolute atomic E-state index is 0.230. The first-order valence-electron chi connectivity index (χ1n) is 6.96. The number of aromatic nitrogens is 2. The van der Waals surface area contributed by atoms with Gasteiger partial charge in [-0.1, -0.05) is 13.3 Å². The van der Waals surface area contributed by atoms with Gasteiger partial charge in [-0.05, 0) is 37.4 Å². The zero-order valence-corrected chi connectivity index (χ0v) is 11.7. The van der Waals surface area contributed by atoms with Crippen molar-refractivity contribution in [1.82, 2.24) is 9.55 Å². The Labute approximate surface area is 113 Å². The summed E-state index contributed by atoms with van der Waals surface area (Å²) in [5.74, 6) is 1.45. The Kier molecular flexibility index (Phi) is 4.53. The van der Waals surface area contributed by atoms with E-state index in [4.69, 9.17) is 5.73 Å². The molecule has 2 aromatic rings. The van der Waals surface area contributed by atoms with E-state index in [0.717, 1.165) is 49.1 Å². The Morgan fingerprint density at radius 1 is 1.37 bits per heavy atom. The van der Waals surface area contributed by atoms with Crippen LogP contribution in [0.5, 0.6) is 0 Å². The first-order chi connectivity index (χ1) is 9.15. The number of nitrogens with zero attached hydrogens (tertiary/aromatic N) is 2. The van der Waals surface area contributed by atoms with Crippen molar-refractivity contribution in [2.75, 3.05) is 6.54 Å². The molecule has 3 nitrogen and oxygen atoms in total. The summed E-state index contributed by atoms with van der Waals surface area (Å²) in [7, 11) is 1.99. The Morgan fingerprint density at radius 2 is 2.16 bits per heavy atom. The van der Waals surface area contributed by atoms with E-state index in [9.17, 15) is 4.39 Å². The average molecular weight is 263 g/mol. The first kappa shape index (κ1) is 14.0. The van der Waals surface area contributed by atoms with Crippen LogP contribution in [0, 0.1) is 11.7 Å². The predicted molar refractivity (Wildman–Crippen MR) is 76.4 cm³/mol. The van der Waals surface area contributed by atoms with Crippen LogP contribution in [0.3, 0.4) is 0 Å². The van der Waals surface area contributed by atoms with Crippen molar-refractivity contribution in [3.63, 3.8) is 0 Å². The zero-order chi connectivity index (χ0) is 13.8. The quantitative estimate of drug-likeness (QED) is 0.870. The van der Waals surface area contributed by atoms with Crippen LogP contribution < -0.4 is 5.73 Å². The molecule has 1 aromatic heterocycles. The van der Waals surface area contributed by atoms with Crippen molar-refractivity contribution < 1.29 is 4.39 Å². The van der Waals surface area contributed by atoms with Gasteiger partial charge in [-0.3, -0.25) is 0 Å². The molecule has 0 radical (unpaired) electrons. The van der Waals surface area contributed by atoms with E-state index < -0.39 is 0 Å². The van der Waals surface area contributed by atoms with Crippen LogP contribution in [0.1, 0.15) is 32.0 Å². The third-order valence-corrected chi connectivity index (χ3v) is 3.86. The van der Waals surface area contributed by atoms with Gasteiger partial charge in [0.1, 0.15) is 11.6 Å². The van der Waals surface area contributed by atoms with Crippen molar-refractivity contribution in [2.45, 2.75) is 32.6 Å². The smallest absolute Gasteiger partial charge is 0.125 e. The highest BCUT2D eigenvalue weighted by molar-refractivity contribution is 5.75. The summed E-state index contributed by atoms with van der Waals surface area (Å²) in [5, 5.41) is 0. The maximum Gasteiger partial charge on any atom is 0.125 e. The molecule has 0 bridgehead atoms. The molecule has 2 N–H and O–H groups in total. The van der Waals surface area contributed by atoms with E-state index in [1.165, 1.54) is 12.1 Å². The second-order valence-electron chi connectivity index (χ2n) is 5.11. The van der Waals surface area contributed by atoms with Gasteiger partial charge in [-0.2, -0.15) is 0 Å². The standard InChI is InChI=1S/C15H22FN3/c1-3-11(8-9-17)4-7-15-18-13-10-12(16)5-6-14(13)19(15)2/h5-6,10-11H,3-4,7-9,17H2,1-2H3. The van der Waals surface area contributed by atoms with Gasteiger partial charge in [0, 0.05) is 19.5 Å². The Morgan fingerprint density at radius 3 is 2.84 bits per heavy atom. The van der Waals surface area contributed by atoms with Crippen molar-refractivity contribution in [1.29, 1.82) is 0 Å². The van der Waals surface area contributed by atoms with Crippen LogP contribution in [0.4, 0.5) is 4.39 Å². The van der Waals surface area contributed by atoms with Gasteiger partial charge in [-0.25, -0.2) is 9.37 Å². The van der Waals surface area contributed by atoms with E-state index >= 15 is 0 Å². The molecule has 0 fully saturated rings. The second kappa shape index (κ2) is 6.15.